The number of carboxylic acids is 1. The lowest BCUT2D eigenvalue weighted by Crippen LogP contribution is -2.38. The summed E-state index contributed by atoms with van der Waals surface area (Å²) in [6.45, 7) is 1.20. The Labute approximate surface area is 146 Å². The van der Waals surface area contributed by atoms with Crippen LogP contribution in [-0.4, -0.2) is 35.0 Å². The predicted molar refractivity (Wildman–Crippen MR) is 93.8 cm³/mol. The Bertz CT molecular complexity index is 736. The first-order valence-electron chi connectivity index (χ1n) is 8.46. The maximum Gasteiger partial charge on any atom is 0.303 e. The molecule has 130 valence electrons. The van der Waals surface area contributed by atoms with E-state index in [-0.39, 0.29) is 18.2 Å². The number of amides is 1. The van der Waals surface area contributed by atoms with Gasteiger partial charge in [-0.1, -0.05) is 24.3 Å². The summed E-state index contributed by atoms with van der Waals surface area (Å²) in [4.78, 5) is 25.3. The number of carbonyl (C=O) groups is 2. The van der Waals surface area contributed by atoms with Gasteiger partial charge >= 0.3 is 5.97 Å². The van der Waals surface area contributed by atoms with Gasteiger partial charge in [-0.25, -0.2) is 0 Å². The average molecular weight is 339 g/mol. The van der Waals surface area contributed by atoms with E-state index in [1.165, 1.54) is 0 Å². The molecule has 2 aromatic rings. The van der Waals surface area contributed by atoms with Crippen LogP contribution in [0.5, 0.6) is 11.5 Å². The second-order valence-electron chi connectivity index (χ2n) is 6.28. The van der Waals surface area contributed by atoms with E-state index in [2.05, 4.69) is 0 Å². The molecule has 0 spiro atoms. The first kappa shape index (κ1) is 17.0. The van der Waals surface area contributed by atoms with Crippen LogP contribution in [0.3, 0.4) is 0 Å². The number of nitrogens with zero attached hydrogens (tertiary/aromatic N) is 1. The number of likely N-dealkylation sites (tertiary alicyclic amines) is 1. The molecule has 2 aromatic carbocycles. The quantitative estimate of drug-likeness (QED) is 0.899. The number of carboxylic acid groups (broad SMARTS) is 1. The van der Waals surface area contributed by atoms with Crippen LogP contribution in [0.2, 0.25) is 0 Å². The zero-order valence-electron chi connectivity index (χ0n) is 13.9. The Hall–Kier alpha value is -2.82. The first-order valence-corrected chi connectivity index (χ1v) is 8.46. The van der Waals surface area contributed by atoms with E-state index >= 15 is 0 Å². The fourth-order valence-corrected chi connectivity index (χ4v) is 3.09. The monoisotopic (exact) mass is 339 g/mol. The number of hydrogen-bond acceptors (Lipinski definition) is 3. The number of ether oxygens (including phenoxy) is 1. The highest BCUT2D eigenvalue weighted by molar-refractivity contribution is 5.94. The molecule has 1 N–H and O–H groups in total. The van der Waals surface area contributed by atoms with Gasteiger partial charge in [0.15, 0.2) is 0 Å². The van der Waals surface area contributed by atoms with E-state index in [4.69, 9.17) is 9.84 Å². The average Bonchev–Trinajstić information content (AvgIpc) is 2.62. The van der Waals surface area contributed by atoms with E-state index in [0.717, 1.165) is 18.6 Å². The highest BCUT2D eigenvalue weighted by Crippen LogP contribution is 2.25. The molecule has 0 atom stereocenters. The van der Waals surface area contributed by atoms with E-state index in [1.54, 1.807) is 17.0 Å². The van der Waals surface area contributed by atoms with Crippen molar-refractivity contribution in [3.8, 4) is 11.5 Å². The topological polar surface area (TPSA) is 66.8 Å². The van der Waals surface area contributed by atoms with Gasteiger partial charge < -0.3 is 14.7 Å². The second-order valence-corrected chi connectivity index (χ2v) is 6.28. The van der Waals surface area contributed by atoms with Crippen molar-refractivity contribution in [2.75, 3.05) is 13.1 Å². The van der Waals surface area contributed by atoms with Gasteiger partial charge in [-0.15, -0.1) is 0 Å². The van der Waals surface area contributed by atoms with Crippen molar-refractivity contribution >= 4 is 11.9 Å². The lowest BCUT2D eigenvalue weighted by molar-refractivity contribution is -0.138. The molecule has 1 saturated heterocycles. The third-order valence-corrected chi connectivity index (χ3v) is 4.42. The summed E-state index contributed by atoms with van der Waals surface area (Å²) in [5, 5.41) is 8.88. The highest BCUT2D eigenvalue weighted by atomic mass is 16.5. The largest absolute Gasteiger partial charge is 0.481 e. The Morgan fingerprint density at radius 3 is 2.36 bits per heavy atom. The second kappa shape index (κ2) is 7.83. The van der Waals surface area contributed by atoms with Gasteiger partial charge in [0.05, 0.1) is 0 Å². The van der Waals surface area contributed by atoms with Crippen LogP contribution in [-0.2, 0) is 4.79 Å². The van der Waals surface area contributed by atoms with Crippen molar-refractivity contribution in [2.24, 2.45) is 5.92 Å². The molecule has 1 amide bonds. The molecule has 3 rings (SSSR count). The standard InChI is InChI=1S/C20H21NO4/c22-19(23)13-15-9-11-21(12-10-15)20(24)16-5-4-8-18(14-16)25-17-6-2-1-3-7-17/h1-8,14-15H,9-13H2,(H,22,23). The molecule has 0 aromatic heterocycles. The first-order chi connectivity index (χ1) is 12.1. The Morgan fingerprint density at radius 2 is 1.68 bits per heavy atom. The SMILES string of the molecule is O=C(O)CC1CCN(C(=O)c2cccc(Oc3ccccc3)c2)CC1. The third kappa shape index (κ3) is 4.59. The summed E-state index contributed by atoms with van der Waals surface area (Å²) < 4.78 is 5.78. The van der Waals surface area contributed by atoms with Gasteiger partial charge in [0.25, 0.3) is 5.91 Å². The number of para-hydroxylation sites is 1. The molecule has 0 unspecified atom stereocenters. The van der Waals surface area contributed by atoms with E-state index in [9.17, 15) is 9.59 Å². The number of aliphatic carboxylic acids is 1. The molecule has 0 aliphatic carbocycles. The van der Waals surface area contributed by atoms with Crippen molar-refractivity contribution in [3.05, 3.63) is 60.2 Å². The molecule has 5 heteroatoms. The maximum absolute atomic E-state index is 12.7. The number of benzene rings is 2. The maximum atomic E-state index is 12.7. The lowest BCUT2D eigenvalue weighted by Gasteiger charge is -2.31. The molecule has 0 saturated carbocycles. The Morgan fingerprint density at radius 1 is 1.00 bits per heavy atom. The van der Waals surface area contributed by atoms with Crippen molar-refractivity contribution in [3.63, 3.8) is 0 Å². The molecule has 1 fully saturated rings. The number of carbonyl (C=O) groups excluding carboxylic acids is 1. The van der Waals surface area contributed by atoms with Crippen molar-refractivity contribution in [1.29, 1.82) is 0 Å². The molecular formula is C20H21NO4. The molecule has 1 heterocycles. The molecular weight excluding hydrogens is 318 g/mol. The lowest BCUT2D eigenvalue weighted by atomic mass is 9.93. The van der Waals surface area contributed by atoms with Crippen LogP contribution < -0.4 is 4.74 Å². The fraction of sp³-hybridized carbons (Fsp3) is 0.300. The minimum atomic E-state index is -0.768. The van der Waals surface area contributed by atoms with Gasteiger partial charge in [0.1, 0.15) is 11.5 Å². The van der Waals surface area contributed by atoms with Gasteiger partial charge in [-0.05, 0) is 49.1 Å². The van der Waals surface area contributed by atoms with Crippen LogP contribution in [0.25, 0.3) is 0 Å². The van der Waals surface area contributed by atoms with Crippen LogP contribution in [0.4, 0.5) is 0 Å². The molecule has 5 nitrogen and oxygen atoms in total. The van der Waals surface area contributed by atoms with E-state index < -0.39 is 5.97 Å². The summed E-state index contributed by atoms with van der Waals surface area (Å²) in [5.41, 5.74) is 0.588. The highest BCUT2D eigenvalue weighted by Gasteiger charge is 2.25. The van der Waals surface area contributed by atoms with E-state index in [1.807, 2.05) is 42.5 Å². The summed E-state index contributed by atoms with van der Waals surface area (Å²) >= 11 is 0. The molecule has 0 radical (unpaired) electrons. The summed E-state index contributed by atoms with van der Waals surface area (Å²) in [6, 6.07) is 16.6. The van der Waals surface area contributed by atoms with Gasteiger partial charge in [-0.2, -0.15) is 0 Å². The molecule has 25 heavy (non-hydrogen) atoms. The normalized spacial score (nSPS) is 15.0. The summed E-state index contributed by atoms with van der Waals surface area (Å²) in [5.74, 6) is 0.705. The zero-order chi connectivity index (χ0) is 17.6. The van der Waals surface area contributed by atoms with Crippen LogP contribution >= 0.6 is 0 Å². The Kier molecular flexibility index (Phi) is 5.33. The van der Waals surface area contributed by atoms with Crippen LogP contribution in [0, 0.1) is 5.92 Å². The summed E-state index contributed by atoms with van der Waals surface area (Å²) in [7, 11) is 0. The Balaban J connectivity index is 1.63. The van der Waals surface area contributed by atoms with Gasteiger partial charge in [0.2, 0.25) is 0 Å². The van der Waals surface area contributed by atoms with Crippen molar-refractivity contribution in [1.82, 2.24) is 4.90 Å². The predicted octanol–water partition coefficient (Wildman–Crippen LogP) is 3.81. The minimum Gasteiger partial charge on any atom is -0.481 e. The smallest absolute Gasteiger partial charge is 0.303 e. The number of hydrogen-bond donors (Lipinski definition) is 1. The third-order valence-electron chi connectivity index (χ3n) is 4.42. The van der Waals surface area contributed by atoms with Crippen molar-refractivity contribution in [2.45, 2.75) is 19.3 Å². The fourth-order valence-electron chi connectivity index (χ4n) is 3.09. The molecule has 1 aliphatic rings. The molecule has 1 aliphatic heterocycles. The van der Waals surface area contributed by atoms with Gasteiger partial charge in [-0.3, -0.25) is 9.59 Å². The number of rotatable bonds is 5. The summed E-state index contributed by atoms with van der Waals surface area (Å²) in [6.07, 6.45) is 1.65. The molecule has 0 bridgehead atoms. The van der Waals surface area contributed by atoms with Crippen LogP contribution in [0.1, 0.15) is 29.6 Å². The van der Waals surface area contributed by atoms with Gasteiger partial charge in [0, 0.05) is 25.1 Å². The van der Waals surface area contributed by atoms with Crippen molar-refractivity contribution < 1.29 is 19.4 Å². The van der Waals surface area contributed by atoms with E-state index in [0.29, 0.717) is 24.4 Å². The number of piperidine rings is 1. The zero-order valence-corrected chi connectivity index (χ0v) is 13.9. The van der Waals surface area contributed by atoms with Crippen LogP contribution in [0.15, 0.2) is 54.6 Å². The minimum absolute atomic E-state index is 0.0349.